The highest BCUT2D eigenvalue weighted by molar-refractivity contribution is 7.22. The number of nitrogens with zero attached hydrogens (tertiary/aromatic N) is 5. The number of carbonyl (C=O) groups is 1. The summed E-state index contributed by atoms with van der Waals surface area (Å²) in [5.74, 6) is 0.609. The van der Waals surface area contributed by atoms with E-state index in [9.17, 15) is 14.3 Å². The molecule has 6 rings (SSSR count). The molecule has 0 radical (unpaired) electrons. The molecule has 40 heavy (non-hydrogen) atoms. The molecule has 1 amide bonds. The molecular formula is C27H21ClFN5O5S. The first-order valence-corrected chi connectivity index (χ1v) is 13.3. The molecule has 1 aliphatic heterocycles. The third kappa shape index (κ3) is 4.58. The van der Waals surface area contributed by atoms with Gasteiger partial charge in [0.2, 0.25) is 11.8 Å². The number of aryl methyl sites for hydroxylation is 2. The number of pyridine rings is 1. The molecule has 0 aliphatic carbocycles. The van der Waals surface area contributed by atoms with Crippen molar-refractivity contribution < 1.29 is 28.5 Å². The van der Waals surface area contributed by atoms with Gasteiger partial charge in [-0.15, -0.1) is 11.3 Å². The molecule has 0 fully saturated rings. The van der Waals surface area contributed by atoms with Crippen LogP contribution in [0, 0.1) is 19.8 Å². The Labute approximate surface area is 236 Å². The number of aromatic nitrogens is 4. The monoisotopic (exact) mass is 581 g/mol. The zero-order valence-electron chi connectivity index (χ0n) is 21.4. The van der Waals surface area contributed by atoms with Gasteiger partial charge in [0.05, 0.1) is 47.8 Å². The maximum atomic E-state index is 13.6. The van der Waals surface area contributed by atoms with E-state index in [4.69, 9.17) is 30.8 Å². The number of hydrogen-bond donors (Lipinski definition) is 1. The van der Waals surface area contributed by atoms with Gasteiger partial charge in [0.25, 0.3) is 0 Å². The Morgan fingerprint density at radius 1 is 1.20 bits per heavy atom. The Bertz CT molecular complexity index is 1820. The second-order valence-corrected chi connectivity index (χ2v) is 10.6. The molecule has 13 heteroatoms. The Hall–Kier alpha value is -4.29. The molecule has 1 atom stereocenters. The van der Waals surface area contributed by atoms with Gasteiger partial charge in [-0.25, -0.2) is 24.7 Å². The van der Waals surface area contributed by atoms with Gasteiger partial charge >= 0.3 is 6.09 Å². The van der Waals surface area contributed by atoms with E-state index in [1.54, 1.807) is 12.3 Å². The summed E-state index contributed by atoms with van der Waals surface area (Å²) in [6.45, 7) is 3.49. The smallest absolute Gasteiger partial charge is 0.411 e. The molecule has 0 bridgehead atoms. The quantitative estimate of drug-likeness (QED) is 0.247. The first kappa shape index (κ1) is 26.0. The van der Waals surface area contributed by atoms with Gasteiger partial charge in [-0.05, 0) is 37.6 Å². The topological polar surface area (TPSA) is 120 Å². The van der Waals surface area contributed by atoms with E-state index in [-0.39, 0.29) is 24.4 Å². The molecule has 204 valence electrons. The lowest BCUT2D eigenvalue weighted by Crippen LogP contribution is -2.43. The first-order valence-electron chi connectivity index (χ1n) is 12.1. The normalized spacial score (nSPS) is 14.5. The van der Waals surface area contributed by atoms with E-state index in [0.717, 1.165) is 16.0 Å². The van der Waals surface area contributed by atoms with Crippen molar-refractivity contribution in [3.8, 4) is 28.0 Å². The lowest BCUT2D eigenvalue weighted by molar-refractivity contribution is 0.0962. The van der Waals surface area contributed by atoms with Crippen molar-refractivity contribution in [3.05, 3.63) is 58.8 Å². The summed E-state index contributed by atoms with van der Waals surface area (Å²) in [5, 5.41) is 10.8. The van der Waals surface area contributed by atoms with Crippen LogP contribution in [-0.2, 0) is 0 Å². The number of carboxylic acid groups (broad SMARTS) is 1. The van der Waals surface area contributed by atoms with Gasteiger partial charge in [-0.2, -0.15) is 4.39 Å². The van der Waals surface area contributed by atoms with E-state index < -0.39 is 18.1 Å². The molecule has 0 spiro atoms. The molecule has 5 aromatic rings. The molecular weight excluding hydrogens is 561 g/mol. The molecule has 1 aliphatic rings. The van der Waals surface area contributed by atoms with Crippen LogP contribution in [0.1, 0.15) is 11.1 Å². The maximum Gasteiger partial charge on any atom is 0.411 e. The van der Waals surface area contributed by atoms with Crippen molar-refractivity contribution in [2.45, 2.75) is 20.0 Å². The molecule has 2 aromatic carbocycles. The number of fused-ring (bicyclic) bond motifs is 4. The van der Waals surface area contributed by atoms with Gasteiger partial charge in [-0.1, -0.05) is 11.6 Å². The number of thiazole rings is 1. The van der Waals surface area contributed by atoms with Crippen LogP contribution >= 0.6 is 22.9 Å². The van der Waals surface area contributed by atoms with Crippen molar-refractivity contribution in [2.24, 2.45) is 0 Å². The number of methoxy groups -OCH3 is 1. The van der Waals surface area contributed by atoms with Gasteiger partial charge < -0.3 is 19.3 Å². The van der Waals surface area contributed by atoms with Crippen LogP contribution in [0.4, 0.5) is 14.9 Å². The van der Waals surface area contributed by atoms with E-state index in [1.807, 2.05) is 19.1 Å². The van der Waals surface area contributed by atoms with Gasteiger partial charge in [-0.3, -0.25) is 4.90 Å². The second-order valence-electron chi connectivity index (χ2n) is 9.22. The Balaban J connectivity index is 1.34. The van der Waals surface area contributed by atoms with Crippen LogP contribution < -0.4 is 19.1 Å². The summed E-state index contributed by atoms with van der Waals surface area (Å²) in [5.41, 5.74) is 4.15. The summed E-state index contributed by atoms with van der Waals surface area (Å²) >= 11 is 8.02. The second kappa shape index (κ2) is 10.0. The zero-order chi connectivity index (χ0) is 28.1. The SMILES string of the molecule is COc1cnc2c(-c3nc4c(Cl)cc5c(c4s3)OC[C@@H](CN(C(=O)O)c3cnc(F)c(C)c3)O5)cc(C)cc2n1. The summed E-state index contributed by atoms with van der Waals surface area (Å²) in [4.78, 5) is 30.5. The predicted molar refractivity (Wildman–Crippen MR) is 149 cm³/mol. The highest BCUT2D eigenvalue weighted by Crippen LogP contribution is 2.47. The fourth-order valence-corrected chi connectivity index (χ4v) is 5.91. The third-order valence-corrected chi connectivity index (χ3v) is 7.76. The lowest BCUT2D eigenvalue weighted by Gasteiger charge is -2.30. The molecule has 10 nitrogen and oxygen atoms in total. The minimum absolute atomic E-state index is 0.0669. The minimum atomic E-state index is -1.23. The molecule has 0 saturated carbocycles. The highest BCUT2D eigenvalue weighted by Gasteiger charge is 2.30. The summed E-state index contributed by atoms with van der Waals surface area (Å²) < 4.78 is 31.8. The molecule has 4 heterocycles. The number of benzene rings is 2. The van der Waals surface area contributed by atoms with Gasteiger partial charge in [0.15, 0.2) is 17.6 Å². The highest BCUT2D eigenvalue weighted by atomic mass is 35.5. The molecule has 1 N–H and O–H groups in total. The van der Waals surface area contributed by atoms with Crippen molar-refractivity contribution in [1.82, 2.24) is 19.9 Å². The van der Waals surface area contributed by atoms with Crippen molar-refractivity contribution in [3.63, 3.8) is 0 Å². The van der Waals surface area contributed by atoms with Crippen LogP contribution in [0.3, 0.4) is 0 Å². The fourth-order valence-electron chi connectivity index (χ4n) is 4.51. The Kier molecular flexibility index (Phi) is 6.51. The van der Waals surface area contributed by atoms with Crippen molar-refractivity contribution in [1.29, 1.82) is 0 Å². The van der Waals surface area contributed by atoms with Crippen LogP contribution in [-0.4, -0.2) is 57.5 Å². The van der Waals surface area contributed by atoms with Crippen LogP contribution in [0.5, 0.6) is 17.4 Å². The Morgan fingerprint density at radius 3 is 2.77 bits per heavy atom. The van der Waals surface area contributed by atoms with Crippen LogP contribution in [0.15, 0.2) is 36.7 Å². The number of halogens is 2. The van der Waals surface area contributed by atoms with Crippen molar-refractivity contribution in [2.75, 3.05) is 25.2 Å². The summed E-state index contributed by atoms with van der Waals surface area (Å²) in [7, 11) is 1.54. The van der Waals surface area contributed by atoms with E-state index >= 15 is 0 Å². The predicted octanol–water partition coefficient (Wildman–Crippen LogP) is 6.04. The molecule has 0 unspecified atom stereocenters. The third-order valence-electron chi connectivity index (χ3n) is 6.39. The number of ether oxygens (including phenoxy) is 3. The van der Waals surface area contributed by atoms with Crippen molar-refractivity contribution >= 4 is 56.0 Å². The number of rotatable bonds is 5. The van der Waals surface area contributed by atoms with Gasteiger partial charge in [0.1, 0.15) is 21.8 Å². The van der Waals surface area contributed by atoms with Gasteiger partial charge in [0, 0.05) is 17.2 Å². The number of hydrogen-bond acceptors (Lipinski definition) is 9. The average Bonchev–Trinajstić information content (AvgIpc) is 3.38. The first-order chi connectivity index (χ1) is 19.2. The average molecular weight is 582 g/mol. The minimum Gasteiger partial charge on any atom is -0.484 e. The Morgan fingerprint density at radius 2 is 2.02 bits per heavy atom. The standard InChI is InChI=1S/C27H21ClFN5O5S/c1-12-4-16(21-18(5-12)32-20(37-3)9-30-21)26-33-22-17(28)7-19-23(24(22)40-26)38-11-15(39-19)10-34(27(35)36)14-6-13(2)25(29)31-8-14/h4-9,15H,10-11H2,1-3H3,(H,35,36)/t15-/m1/s1. The summed E-state index contributed by atoms with van der Waals surface area (Å²) in [6.07, 6.45) is 0.849. The lowest BCUT2D eigenvalue weighted by atomic mass is 10.1. The number of anilines is 1. The summed E-state index contributed by atoms with van der Waals surface area (Å²) in [6, 6.07) is 6.95. The van der Waals surface area contributed by atoms with Crippen LogP contribution in [0.25, 0.3) is 31.8 Å². The number of amides is 1. The van der Waals surface area contributed by atoms with E-state index in [0.29, 0.717) is 48.7 Å². The van der Waals surface area contributed by atoms with E-state index in [1.165, 1.54) is 37.6 Å². The molecule has 3 aromatic heterocycles. The maximum absolute atomic E-state index is 13.6. The van der Waals surface area contributed by atoms with Crippen LogP contribution in [0.2, 0.25) is 5.02 Å². The fraction of sp³-hybridized carbons (Fsp3) is 0.222. The zero-order valence-corrected chi connectivity index (χ0v) is 23.0. The van der Waals surface area contributed by atoms with E-state index in [2.05, 4.69) is 15.0 Å². The largest absolute Gasteiger partial charge is 0.484 e. The molecule has 0 saturated heterocycles.